The lowest BCUT2D eigenvalue weighted by Crippen LogP contribution is -2.38. The van der Waals surface area contributed by atoms with Crippen LogP contribution in [0.1, 0.15) is 6.92 Å². The standard InChI is InChI=1S/C9H15N3O2S/c1-6-4-11-9(15-6)8(14)10-5-7(13)12(2)3/h6H,4-5H2,1-3H3,(H,10,14). The van der Waals surface area contributed by atoms with Crippen molar-refractivity contribution < 1.29 is 9.59 Å². The van der Waals surface area contributed by atoms with Gasteiger partial charge in [-0.25, -0.2) is 0 Å². The van der Waals surface area contributed by atoms with E-state index in [1.807, 2.05) is 6.92 Å². The Kier molecular flexibility index (Phi) is 4.14. The summed E-state index contributed by atoms with van der Waals surface area (Å²) in [4.78, 5) is 28.2. The van der Waals surface area contributed by atoms with Crippen LogP contribution in [-0.2, 0) is 9.59 Å². The summed E-state index contributed by atoms with van der Waals surface area (Å²) in [5.41, 5.74) is 0. The number of hydrogen-bond donors (Lipinski definition) is 1. The van der Waals surface area contributed by atoms with E-state index in [4.69, 9.17) is 0 Å². The van der Waals surface area contributed by atoms with Crippen molar-refractivity contribution in [1.82, 2.24) is 10.2 Å². The van der Waals surface area contributed by atoms with Gasteiger partial charge in [0.1, 0.15) is 0 Å². The highest BCUT2D eigenvalue weighted by atomic mass is 32.2. The summed E-state index contributed by atoms with van der Waals surface area (Å²) in [6.07, 6.45) is 0. The third-order valence-electron chi connectivity index (χ3n) is 1.90. The molecule has 5 nitrogen and oxygen atoms in total. The number of amides is 2. The number of nitrogens with zero attached hydrogens (tertiary/aromatic N) is 2. The average molecular weight is 229 g/mol. The molecular weight excluding hydrogens is 214 g/mol. The molecular formula is C9H15N3O2S. The third kappa shape index (κ3) is 3.54. The lowest BCUT2D eigenvalue weighted by atomic mass is 10.5. The van der Waals surface area contributed by atoms with E-state index in [2.05, 4.69) is 10.3 Å². The number of likely N-dealkylation sites (N-methyl/N-ethyl adjacent to an activating group) is 1. The molecule has 1 unspecified atom stereocenters. The summed E-state index contributed by atoms with van der Waals surface area (Å²) < 4.78 is 0. The molecule has 2 amide bonds. The van der Waals surface area contributed by atoms with Gasteiger partial charge in [-0.1, -0.05) is 18.7 Å². The number of rotatable bonds is 3. The fourth-order valence-electron chi connectivity index (χ4n) is 0.992. The highest BCUT2D eigenvalue weighted by Gasteiger charge is 2.21. The zero-order valence-electron chi connectivity index (χ0n) is 9.11. The van der Waals surface area contributed by atoms with E-state index in [9.17, 15) is 9.59 Å². The van der Waals surface area contributed by atoms with Crippen molar-refractivity contribution in [2.75, 3.05) is 27.2 Å². The monoisotopic (exact) mass is 229 g/mol. The van der Waals surface area contributed by atoms with Crippen molar-refractivity contribution in [2.45, 2.75) is 12.2 Å². The van der Waals surface area contributed by atoms with Crippen LogP contribution in [0, 0.1) is 0 Å². The van der Waals surface area contributed by atoms with Gasteiger partial charge in [0.15, 0.2) is 5.04 Å². The lowest BCUT2D eigenvalue weighted by molar-refractivity contribution is -0.129. The lowest BCUT2D eigenvalue weighted by Gasteiger charge is -2.10. The van der Waals surface area contributed by atoms with E-state index in [0.29, 0.717) is 16.8 Å². The predicted octanol–water partition coefficient (Wildman–Crippen LogP) is -0.275. The van der Waals surface area contributed by atoms with Gasteiger partial charge in [-0.2, -0.15) is 0 Å². The number of carbonyl (C=O) groups is 2. The summed E-state index contributed by atoms with van der Waals surface area (Å²) >= 11 is 1.45. The smallest absolute Gasteiger partial charge is 0.276 e. The predicted molar refractivity (Wildman–Crippen MR) is 61.1 cm³/mol. The maximum absolute atomic E-state index is 11.5. The first-order valence-corrected chi connectivity index (χ1v) is 5.58. The molecule has 6 heteroatoms. The molecule has 1 heterocycles. The van der Waals surface area contributed by atoms with Gasteiger partial charge in [0.25, 0.3) is 5.91 Å². The number of aliphatic imine (C=N–C) groups is 1. The fourth-order valence-corrected chi connectivity index (χ4v) is 1.85. The second-order valence-corrected chi connectivity index (χ2v) is 4.97. The molecule has 0 saturated heterocycles. The Hall–Kier alpha value is -1.04. The van der Waals surface area contributed by atoms with Gasteiger partial charge in [0.05, 0.1) is 13.1 Å². The van der Waals surface area contributed by atoms with Crippen molar-refractivity contribution in [3.05, 3.63) is 0 Å². The van der Waals surface area contributed by atoms with E-state index >= 15 is 0 Å². The highest BCUT2D eigenvalue weighted by Crippen LogP contribution is 2.19. The first kappa shape index (κ1) is 12.0. The summed E-state index contributed by atoms with van der Waals surface area (Å²) in [6.45, 7) is 2.72. The van der Waals surface area contributed by atoms with Crippen LogP contribution in [0.3, 0.4) is 0 Å². The van der Waals surface area contributed by atoms with Crippen molar-refractivity contribution in [3.8, 4) is 0 Å². The molecule has 0 aromatic rings. The van der Waals surface area contributed by atoms with Crippen LogP contribution in [-0.4, -0.2) is 54.2 Å². The molecule has 0 radical (unpaired) electrons. The zero-order chi connectivity index (χ0) is 11.4. The van der Waals surface area contributed by atoms with Gasteiger partial charge in [-0.15, -0.1) is 0 Å². The Bertz CT molecular complexity index is 302. The second kappa shape index (κ2) is 5.16. The molecule has 0 saturated carbocycles. The molecule has 84 valence electrons. The van der Waals surface area contributed by atoms with Crippen LogP contribution in [0.5, 0.6) is 0 Å². The number of thioether (sulfide) groups is 1. The van der Waals surface area contributed by atoms with Gasteiger partial charge in [0.2, 0.25) is 5.91 Å². The Morgan fingerprint density at radius 2 is 2.27 bits per heavy atom. The molecule has 0 aliphatic carbocycles. The van der Waals surface area contributed by atoms with Crippen LogP contribution in [0.4, 0.5) is 0 Å². The SMILES string of the molecule is CC1CN=C(C(=O)NCC(=O)N(C)C)S1. The van der Waals surface area contributed by atoms with Crippen LogP contribution >= 0.6 is 11.8 Å². The minimum atomic E-state index is -0.250. The summed E-state index contributed by atoms with van der Waals surface area (Å²) in [7, 11) is 3.30. The normalized spacial score (nSPS) is 19.7. The maximum atomic E-state index is 11.5. The van der Waals surface area contributed by atoms with Gasteiger partial charge >= 0.3 is 0 Å². The molecule has 1 rings (SSSR count). The first-order chi connectivity index (χ1) is 7.00. The molecule has 15 heavy (non-hydrogen) atoms. The Labute approximate surface area is 93.3 Å². The van der Waals surface area contributed by atoms with Gasteiger partial charge < -0.3 is 10.2 Å². The highest BCUT2D eigenvalue weighted by molar-refractivity contribution is 8.16. The van der Waals surface area contributed by atoms with Crippen molar-refractivity contribution in [3.63, 3.8) is 0 Å². The van der Waals surface area contributed by atoms with Crippen LogP contribution < -0.4 is 5.32 Å². The number of hydrogen-bond acceptors (Lipinski definition) is 4. The molecule has 1 atom stereocenters. The molecule has 0 fully saturated rings. The summed E-state index contributed by atoms with van der Waals surface area (Å²) in [5.74, 6) is -0.375. The number of nitrogens with one attached hydrogen (secondary N) is 1. The Morgan fingerprint density at radius 3 is 2.73 bits per heavy atom. The van der Waals surface area contributed by atoms with E-state index < -0.39 is 0 Å². The van der Waals surface area contributed by atoms with E-state index in [-0.39, 0.29) is 18.4 Å². The van der Waals surface area contributed by atoms with Crippen molar-refractivity contribution >= 4 is 28.6 Å². The largest absolute Gasteiger partial charge is 0.347 e. The molecule has 0 aromatic heterocycles. The van der Waals surface area contributed by atoms with Crippen LogP contribution in [0.2, 0.25) is 0 Å². The summed E-state index contributed by atoms with van der Waals surface area (Å²) in [5, 5.41) is 3.38. The minimum absolute atomic E-state index is 0.0276. The maximum Gasteiger partial charge on any atom is 0.276 e. The Balaban J connectivity index is 2.34. The molecule has 1 aliphatic rings. The van der Waals surface area contributed by atoms with E-state index in [1.54, 1.807) is 14.1 Å². The van der Waals surface area contributed by atoms with Gasteiger partial charge in [0, 0.05) is 19.3 Å². The number of carbonyl (C=O) groups excluding carboxylic acids is 2. The van der Waals surface area contributed by atoms with Gasteiger partial charge in [-0.05, 0) is 0 Å². The molecule has 0 bridgehead atoms. The quantitative estimate of drug-likeness (QED) is 0.724. The molecule has 0 spiro atoms. The first-order valence-electron chi connectivity index (χ1n) is 4.70. The zero-order valence-corrected chi connectivity index (χ0v) is 9.93. The van der Waals surface area contributed by atoms with Crippen molar-refractivity contribution in [2.24, 2.45) is 4.99 Å². The Morgan fingerprint density at radius 1 is 1.60 bits per heavy atom. The summed E-state index contributed by atoms with van der Waals surface area (Å²) in [6, 6.07) is 0. The van der Waals surface area contributed by atoms with E-state index in [0.717, 1.165) is 0 Å². The van der Waals surface area contributed by atoms with Gasteiger partial charge in [-0.3, -0.25) is 14.6 Å². The van der Waals surface area contributed by atoms with Crippen LogP contribution in [0.15, 0.2) is 4.99 Å². The van der Waals surface area contributed by atoms with Crippen molar-refractivity contribution in [1.29, 1.82) is 0 Å². The molecule has 0 aromatic carbocycles. The third-order valence-corrected chi connectivity index (χ3v) is 2.99. The van der Waals surface area contributed by atoms with Crippen LogP contribution in [0.25, 0.3) is 0 Å². The molecule has 1 N–H and O–H groups in total. The topological polar surface area (TPSA) is 61.8 Å². The molecule has 1 aliphatic heterocycles. The fraction of sp³-hybridized carbons (Fsp3) is 0.667. The second-order valence-electron chi connectivity index (χ2n) is 3.55. The minimum Gasteiger partial charge on any atom is -0.347 e. The van der Waals surface area contributed by atoms with E-state index in [1.165, 1.54) is 16.7 Å². The average Bonchev–Trinajstić information content (AvgIpc) is 2.60.